The molecule has 7 nitrogen and oxygen atoms in total. The Morgan fingerprint density at radius 3 is 2.76 bits per heavy atom. The summed E-state index contributed by atoms with van der Waals surface area (Å²) in [6.07, 6.45) is 3.79. The van der Waals surface area contributed by atoms with Gasteiger partial charge in [-0.3, -0.25) is 4.79 Å². The fourth-order valence-corrected chi connectivity index (χ4v) is 6.43. The average Bonchev–Trinajstić information content (AvgIpc) is 3.29. The summed E-state index contributed by atoms with van der Waals surface area (Å²) < 4.78 is 12.8. The number of nitrogens with zero attached hydrogens (tertiary/aromatic N) is 2. The highest BCUT2D eigenvalue weighted by molar-refractivity contribution is 9.10. The van der Waals surface area contributed by atoms with Gasteiger partial charge in [0.05, 0.1) is 31.8 Å². The molecule has 0 amide bonds. The molecule has 0 unspecified atom stereocenters. The number of halogens is 1. The standard InChI is InChI=1S/C29H32BrN3O4/c1-36-29(35)27-23-14-26(37-16-18-6-9-20(30)10-7-18)28-22(21-4-2-3-5-24(21)32-28)12-13-33(17-31)15-19(23)8-11-25(27)34/h2-7,9-10,19,23,25-27,32,34H,8,11-16H2,1H3/t19-,23-,25-,26-,27+/m0/s1. The number of rotatable bonds is 4. The van der Waals surface area contributed by atoms with Gasteiger partial charge in [-0.15, -0.1) is 0 Å². The van der Waals surface area contributed by atoms with E-state index in [-0.39, 0.29) is 17.9 Å². The van der Waals surface area contributed by atoms with Crippen LogP contribution in [0.25, 0.3) is 10.9 Å². The summed E-state index contributed by atoms with van der Waals surface area (Å²) >= 11 is 3.49. The highest BCUT2D eigenvalue weighted by Gasteiger charge is 2.46. The number of fused-ring (bicyclic) bond motifs is 4. The van der Waals surface area contributed by atoms with Gasteiger partial charge in [0, 0.05) is 34.2 Å². The van der Waals surface area contributed by atoms with Gasteiger partial charge < -0.3 is 24.5 Å². The summed E-state index contributed by atoms with van der Waals surface area (Å²) in [5.41, 5.74) is 4.21. The third kappa shape index (κ3) is 5.40. The van der Waals surface area contributed by atoms with E-state index in [4.69, 9.17) is 9.47 Å². The van der Waals surface area contributed by atoms with Crippen LogP contribution in [0.15, 0.2) is 53.0 Å². The molecule has 2 aromatic carbocycles. The van der Waals surface area contributed by atoms with Crippen LogP contribution in [0, 0.1) is 29.2 Å². The SMILES string of the molecule is COC(=O)[C@@H]1[C@H]2C[C@H](OCc3ccc(Br)cc3)c3[nH]c4ccccc4c3CCN(C#N)C[C@@H]2CC[C@@H]1O. The van der Waals surface area contributed by atoms with E-state index in [1.165, 1.54) is 7.11 Å². The first kappa shape index (κ1) is 25.8. The molecule has 194 valence electrons. The van der Waals surface area contributed by atoms with Gasteiger partial charge in [0.1, 0.15) is 0 Å². The number of ether oxygens (including phenoxy) is 2. The third-order valence-corrected chi connectivity index (χ3v) is 8.56. The molecule has 0 bridgehead atoms. The first-order valence-electron chi connectivity index (χ1n) is 12.8. The average molecular weight is 566 g/mol. The number of aliphatic hydroxyl groups excluding tert-OH is 1. The Morgan fingerprint density at radius 1 is 1.22 bits per heavy atom. The van der Waals surface area contributed by atoms with Gasteiger partial charge in [-0.2, -0.15) is 5.26 Å². The third-order valence-electron chi connectivity index (χ3n) is 8.04. The van der Waals surface area contributed by atoms with Crippen LogP contribution in [-0.4, -0.2) is 47.3 Å². The number of aromatic amines is 1. The maximum Gasteiger partial charge on any atom is 0.311 e. The molecule has 1 saturated carbocycles. The van der Waals surface area contributed by atoms with Crippen molar-refractivity contribution in [2.75, 3.05) is 20.2 Å². The number of carbonyl (C=O) groups excluding carboxylic acids is 1. The number of para-hydroxylation sites is 1. The first-order valence-corrected chi connectivity index (χ1v) is 13.6. The Balaban J connectivity index is 1.58. The second-order valence-electron chi connectivity index (χ2n) is 10.1. The van der Waals surface area contributed by atoms with Gasteiger partial charge in [-0.05, 0) is 66.8 Å². The Bertz CT molecular complexity index is 1280. The number of carbonyl (C=O) groups is 1. The van der Waals surface area contributed by atoms with Crippen molar-refractivity contribution in [2.24, 2.45) is 17.8 Å². The molecule has 1 aliphatic heterocycles. The monoisotopic (exact) mass is 565 g/mol. The van der Waals surface area contributed by atoms with Crippen molar-refractivity contribution in [1.82, 2.24) is 9.88 Å². The molecule has 2 N–H and O–H groups in total. The van der Waals surface area contributed by atoms with Crippen LogP contribution in [0.2, 0.25) is 0 Å². The van der Waals surface area contributed by atoms with Gasteiger partial charge in [0.15, 0.2) is 6.19 Å². The molecule has 2 aliphatic rings. The Labute approximate surface area is 225 Å². The number of benzene rings is 2. The lowest BCUT2D eigenvalue weighted by Gasteiger charge is -2.42. The van der Waals surface area contributed by atoms with Crippen molar-refractivity contribution in [2.45, 2.75) is 44.5 Å². The highest BCUT2D eigenvalue weighted by Crippen LogP contribution is 2.44. The smallest absolute Gasteiger partial charge is 0.311 e. The van der Waals surface area contributed by atoms with E-state index in [2.05, 4.69) is 39.2 Å². The predicted octanol–water partition coefficient (Wildman–Crippen LogP) is 5.09. The zero-order valence-electron chi connectivity index (χ0n) is 20.9. The van der Waals surface area contributed by atoms with Gasteiger partial charge in [-0.1, -0.05) is 46.3 Å². The molecule has 8 heteroatoms. The molecule has 3 aromatic rings. The second-order valence-corrected chi connectivity index (χ2v) is 11.1. The lowest BCUT2D eigenvalue weighted by atomic mass is 9.67. The van der Waals surface area contributed by atoms with Gasteiger partial charge >= 0.3 is 5.97 Å². The molecule has 0 spiro atoms. The largest absolute Gasteiger partial charge is 0.469 e. The number of hydrogen-bond acceptors (Lipinski definition) is 6. The summed E-state index contributed by atoms with van der Waals surface area (Å²) in [6, 6.07) is 16.2. The van der Waals surface area contributed by atoms with Crippen LogP contribution in [-0.2, 0) is 27.3 Å². The molecule has 2 heterocycles. The molecule has 5 atom stereocenters. The van der Waals surface area contributed by atoms with Gasteiger partial charge in [-0.25, -0.2) is 0 Å². The zero-order chi connectivity index (χ0) is 25.9. The van der Waals surface area contributed by atoms with Crippen molar-refractivity contribution in [3.63, 3.8) is 0 Å². The fourth-order valence-electron chi connectivity index (χ4n) is 6.16. The van der Waals surface area contributed by atoms with Crippen molar-refractivity contribution in [1.29, 1.82) is 5.26 Å². The minimum Gasteiger partial charge on any atom is -0.469 e. The summed E-state index contributed by atoms with van der Waals surface area (Å²) in [6.45, 7) is 1.55. The van der Waals surface area contributed by atoms with Crippen LogP contribution in [0.5, 0.6) is 0 Å². The summed E-state index contributed by atoms with van der Waals surface area (Å²) in [5, 5.41) is 22.0. The highest BCUT2D eigenvalue weighted by atomic mass is 79.9. The first-order chi connectivity index (χ1) is 18.0. The molecule has 37 heavy (non-hydrogen) atoms. The topological polar surface area (TPSA) is 98.6 Å². The molecule has 5 rings (SSSR count). The lowest BCUT2D eigenvalue weighted by Crippen LogP contribution is -2.47. The predicted molar refractivity (Wildman–Crippen MR) is 143 cm³/mol. The van der Waals surface area contributed by atoms with Crippen LogP contribution in [0.4, 0.5) is 0 Å². The number of nitriles is 1. The Kier molecular flexibility index (Phi) is 7.84. The van der Waals surface area contributed by atoms with E-state index in [9.17, 15) is 15.2 Å². The maximum atomic E-state index is 12.9. The number of methoxy groups -OCH3 is 1. The zero-order valence-corrected chi connectivity index (χ0v) is 22.5. The molecular formula is C29H32BrN3O4. The fraction of sp³-hybridized carbons (Fsp3) is 0.448. The maximum absolute atomic E-state index is 12.9. The van der Waals surface area contributed by atoms with Crippen molar-refractivity contribution in [3.8, 4) is 6.19 Å². The molecule has 0 saturated heterocycles. The quantitative estimate of drug-likeness (QED) is 0.337. The minimum absolute atomic E-state index is 0.0665. The summed E-state index contributed by atoms with van der Waals surface area (Å²) in [7, 11) is 1.37. The summed E-state index contributed by atoms with van der Waals surface area (Å²) in [5.74, 6) is -1.18. The van der Waals surface area contributed by atoms with E-state index in [1.807, 2.05) is 36.4 Å². The number of esters is 1. The minimum atomic E-state index is -0.776. The van der Waals surface area contributed by atoms with E-state index in [0.717, 1.165) is 38.6 Å². The Morgan fingerprint density at radius 2 is 2.00 bits per heavy atom. The van der Waals surface area contributed by atoms with Crippen LogP contribution < -0.4 is 0 Å². The summed E-state index contributed by atoms with van der Waals surface area (Å²) in [4.78, 5) is 18.3. The van der Waals surface area contributed by atoms with E-state index in [0.29, 0.717) is 39.0 Å². The van der Waals surface area contributed by atoms with Gasteiger partial charge in [0.25, 0.3) is 0 Å². The van der Waals surface area contributed by atoms with Crippen LogP contribution >= 0.6 is 15.9 Å². The molecular weight excluding hydrogens is 534 g/mol. The normalized spacial score (nSPS) is 26.1. The molecule has 1 aliphatic carbocycles. The van der Waals surface area contributed by atoms with E-state index < -0.39 is 18.0 Å². The van der Waals surface area contributed by atoms with Crippen LogP contribution in [0.3, 0.4) is 0 Å². The number of hydrogen-bond donors (Lipinski definition) is 2. The number of aliphatic hydroxyl groups is 1. The van der Waals surface area contributed by atoms with Crippen molar-refractivity contribution in [3.05, 3.63) is 69.8 Å². The van der Waals surface area contributed by atoms with Crippen molar-refractivity contribution >= 4 is 32.8 Å². The second kappa shape index (κ2) is 11.3. The van der Waals surface area contributed by atoms with Crippen LogP contribution in [0.1, 0.15) is 42.2 Å². The van der Waals surface area contributed by atoms with Gasteiger partial charge in [0.2, 0.25) is 0 Å². The molecule has 1 fully saturated rings. The lowest BCUT2D eigenvalue weighted by molar-refractivity contribution is -0.158. The van der Waals surface area contributed by atoms with E-state index >= 15 is 0 Å². The number of nitrogens with one attached hydrogen (secondary N) is 1. The number of aromatic nitrogens is 1. The number of H-pyrrole nitrogens is 1. The Hall–Kier alpha value is -2.86. The van der Waals surface area contributed by atoms with Crippen molar-refractivity contribution < 1.29 is 19.4 Å². The molecule has 1 aromatic heterocycles. The molecule has 0 radical (unpaired) electrons. The van der Waals surface area contributed by atoms with E-state index in [1.54, 1.807) is 4.90 Å².